The first-order chi connectivity index (χ1) is 8.71. The van der Waals surface area contributed by atoms with Gasteiger partial charge in [0.1, 0.15) is 11.9 Å². The van der Waals surface area contributed by atoms with E-state index >= 15 is 0 Å². The molecule has 1 aromatic rings. The molecule has 0 radical (unpaired) electrons. The van der Waals surface area contributed by atoms with Gasteiger partial charge in [0.25, 0.3) is 0 Å². The van der Waals surface area contributed by atoms with Crippen molar-refractivity contribution < 1.29 is 28.9 Å². The number of nitrogens with zero attached hydrogens (tertiary/aromatic N) is 2. The minimum absolute atomic E-state index is 0. The number of aliphatic hydroxyl groups excluding tert-OH is 3. The van der Waals surface area contributed by atoms with Crippen LogP contribution in [0.3, 0.4) is 0 Å². The monoisotopic (exact) mass is 315 g/mol. The fourth-order valence-electron chi connectivity index (χ4n) is 1.20. The predicted molar refractivity (Wildman–Crippen MR) is 64.8 cm³/mol. The van der Waals surface area contributed by atoms with Gasteiger partial charge in [0, 0.05) is 6.20 Å². The number of hydrogen-bond acceptors (Lipinski definition) is 7. The third-order valence-corrected chi connectivity index (χ3v) is 2.25. The third kappa shape index (κ3) is 3.48. The first-order valence-electron chi connectivity index (χ1n) is 4.96. The van der Waals surface area contributed by atoms with E-state index in [2.05, 4.69) is 4.98 Å². The molecule has 2 atom stereocenters. The Morgan fingerprint density at radius 3 is 2.50 bits per heavy atom. The van der Waals surface area contributed by atoms with Crippen molar-refractivity contribution >= 4 is 24.1 Å². The molecule has 1 rings (SSSR count). The molecular formula is C9H12ClF2N3O5. The molecule has 0 aliphatic heterocycles. The molecule has 114 valence electrons. The maximum Gasteiger partial charge on any atom is 0.356 e. The first-order valence-corrected chi connectivity index (χ1v) is 4.96. The van der Waals surface area contributed by atoms with Gasteiger partial charge in [-0.3, -0.25) is 4.79 Å². The maximum absolute atomic E-state index is 13.5. The van der Waals surface area contributed by atoms with Gasteiger partial charge in [-0.25, -0.2) is 9.36 Å². The van der Waals surface area contributed by atoms with Crippen molar-refractivity contribution in [3.05, 3.63) is 22.7 Å². The Balaban J connectivity index is 0.00000361. The van der Waals surface area contributed by atoms with Crippen LogP contribution in [0.1, 0.15) is 4.79 Å². The number of aliphatic hydroxyl groups is 3. The van der Waals surface area contributed by atoms with E-state index in [1.54, 1.807) is 0 Å². The molecule has 0 saturated carbocycles. The Morgan fingerprint density at radius 1 is 1.50 bits per heavy atom. The number of halogens is 3. The van der Waals surface area contributed by atoms with Crippen molar-refractivity contribution in [2.24, 2.45) is 0 Å². The van der Waals surface area contributed by atoms with Crippen LogP contribution >= 0.6 is 12.4 Å². The van der Waals surface area contributed by atoms with Gasteiger partial charge in [0.15, 0.2) is 6.10 Å². The van der Waals surface area contributed by atoms with E-state index < -0.39 is 36.3 Å². The number of hydrogen-bond donors (Lipinski definition) is 4. The van der Waals surface area contributed by atoms with Crippen LogP contribution in [-0.2, 0) is 0 Å². The second kappa shape index (κ2) is 6.70. The van der Waals surface area contributed by atoms with E-state index in [1.807, 2.05) is 0 Å². The highest BCUT2D eigenvalue weighted by atomic mass is 35.5. The topological polar surface area (TPSA) is 139 Å². The van der Waals surface area contributed by atoms with Crippen molar-refractivity contribution in [3.8, 4) is 0 Å². The highest BCUT2D eigenvalue weighted by Gasteiger charge is 2.50. The lowest BCUT2D eigenvalue weighted by molar-refractivity contribution is -0.136. The molecule has 0 spiro atoms. The number of nitrogens with two attached hydrogens (primary N) is 1. The van der Waals surface area contributed by atoms with Crippen molar-refractivity contribution in [3.63, 3.8) is 0 Å². The second-order valence-corrected chi connectivity index (χ2v) is 3.63. The largest absolute Gasteiger partial charge is 0.394 e. The van der Waals surface area contributed by atoms with Crippen LogP contribution in [0.2, 0.25) is 0 Å². The molecule has 0 bridgehead atoms. The van der Waals surface area contributed by atoms with E-state index in [4.69, 9.17) is 21.1 Å². The van der Waals surface area contributed by atoms with E-state index in [9.17, 15) is 18.4 Å². The standard InChI is InChI=1S/C9H11F2N3O5.ClH/c10-9(11,6(17)4(16)3-15)7(18)14-2-1-5(12)13-8(14)19;/h1-2,4,6,15-17H,3H2,(H2,12,13,19);1H. The lowest BCUT2D eigenvalue weighted by Gasteiger charge is -2.24. The average Bonchev–Trinajstić information content (AvgIpc) is 2.36. The summed E-state index contributed by atoms with van der Waals surface area (Å²) in [6, 6.07) is 0.935. The molecule has 0 fully saturated rings. The number of rotatable bonds is 4. The van der Waals surface area contributed by atoms with Crippen LogP contribution in [0, 0.1) is 0 Å². The molecule has 2 unspecified atom stereocenters. The minimum Gasteiger partial charge on any atom is -0.394 e. The summed E-state index contributed by atoms with van der Waals surface area (Å²) < 4.78 is 27.0. The zero-order valence-electron chi connectivity index (χ0n) is 9.81. The molecule has 0 aliphatic rings. The van der Waals surface area contributed by atoms with Crippen LogP contribution in [0.4, 0.5) is 14.6 Å². The number of nitrogen functional groups attached to an aromatic ring is 1. The zero-order chi connectivity index (χ0) is 14.8. The van der Waals surface area contributed by atoms with Gasteiger partial charge in [0.05, 0.1) is 6.61 Å². The summed E-state index contributed by atoms with van der Waals surface area (Å²) in [5, 5.41) is 26.5. The molecular weight excluding hydrogens is 304 g/mol. The fourth-order valence-corrected chi connectivity index (χ4v) is 1.20. The van der Waals surface area contributed by atoms with Gasteiger partial charge in [-0.15, -0.1) is 12.4 Å². The molecule has 0 amide bonds. The summed E-state index contributed by atoms with van der Waals surface area (Å²) in [6.07, 6.45) is -4.44. The summed E-state index contributed by atoms with van der Waals surface area (Å²) in [6.45, 7) is -1.18. The predicted octanol–water partition coefficient (Wildman–Crippen LogP) is -1.76. The molecule has 1 aromatic heterocycles. The van der Waals surface area contributed by atoms with Crippen LogP contribution < -0.4 is 11.4 Å². The van der Waals surface area contributed by atoms with E-state index in [0.717, 1.165) is 6.07 Å². The first kappa shape index (κ1) is 18.4. The summed E-state index contributed by atoms with van der Waals surface area (Å²) in [5.41, 5.74) is 3.77. The molecule has 8 nitrogen and oxygen atoms in total. The molecule has 0 aromatic carbocycles. The lowest BCUT2D eigenvalue weighted by atomic mass is 10.1. The van der Waals surface area contributed by atoms with Crippen LogP contribution in [0.15, 0.2) is 17.1 Å². The molecule has 11 heteroatoms. The van der Waals surface area contributed by atoms with Gasteiger partial charge in [-0.1, -0.05) is 0 Å². The zero-order valence-corrected chi connectivity index (χ0v) is 10.6. The van der Waals surface area contributed by atoms with Crippen molar-refractivity contribution in [1.29, 1.82) is 0 Å². The maximum atomic E-state index is 13.5. The summed E-state index contributed by atoms with van der Waals surface area (Å²) in [4.78, 5) is 25.7. The third-order valence-electron chi connectivity index (χ3n) is 2.25. The lowest BCUT2D eigenvalue weighted by Crippen LogP contribution is -2.53. The quantitative estimate of drug-likeness (QED) is 0.516. The Hall–Kier alpha value is -1.62. The molecule has 0 aliphatic carbocycles. The van der Waals surface area contributed by atoms with Crippen LogP contribution in [0.25, 0.3) is 0 Å². The number of carbonyl (C=O) groups is 1. The highest BCUT2D eigenvalue weighted by molar-refractivity contribution is 5.86. The SMILES string of the molecule is Cl.Nc1ccn(C(=O)C(F)(F)C(O)C(O)CO)c(=O)n1. The fraction of sp³-hybridized carbons (Fsp3) is 0.444. The smallest absolute Gasteiger partial charge is 0.356 e. The van der Waals surface area contributed by atoms with E-state index in [0.29, 0.717) is 6.20 Å². The number of alkyl halides is 2. The van der Waals surface area contributed by atoms with Gasteiger partial charge in [0.2, 0.25) is 0 Å². The highest BCUT2D eigenvalue weighted by Crippen LogP contribution is 2.23. The Labute approximate surface area is 116 Å². The average molecular weight is 316 g/mol. The molecule has 1 heterocycles. The summed E-state index contributed by atoms with van der Waals surface area (Å²) >= 11 is 0. The van der Waals surface area contributed by atoms with Crippen LogP contribution in [0.5, 0.6) is 0 Å². The molecule has 20 heavy (non-hydrogen) atoms. The normalized spacial score (nSPS) is 14.2. The number of aromatic nitrogens is 2. The Morgan fingerprint density at radius 2 is 2.05 bits per heavy atom. The Kier molecular flexibility index (Phi) is 6.16. The van der Waals surface area contributed by atoms with E-state index in [-0.39, 0.29) is 22.8 Å². The summed E-state index contributed by atoms with van der Waals surface area (Å²) in [5.74, 6) is -6.85. The Bertz CT molecular complexity index is 539. The van der Waals surface area contributed by atoms with Crippen LogP contribution in [-0.4, -0.2) is 55.5 Å². The van der Waals surface area contributed by atoms with E-state index in [1.165, 1.54) is 0 Å². The van der Waals surface area contributed by atoms with Crippen molar-refractivity contribution in [1.82, 2.24) is 9.55 Å². The van der Waals surface area contributed by atoms with Gasteiger partial charge >= 0.3 is 17.5 Å². The summed E-state index contributed by atoms with van der Waals surface area (Å²) in [7, 11) is 0. The number of carbonyl (C=O) groups excluding carboxylic acids is 1. The van der Waals surface area contributed by atoms with Crippen molar-refractivity contribution in [2.75, 3.05) is 12.3 Å². The number of anilines is 1. The van der Waals surface area contributed by atoms with Gasteiger partial charge in [-0.2, -0.15) is 13.8 Å². The molecule has 0 saturated heterocycles. The minimum atomic E-state index is -4.48. The van der Waals surface area contributed by atoms with Gasteiger partial charge < -0.3 is 21.1 Å². The second-order valence-electron chi connectivity index (χ2n) is 3.63. The molecule has 5 N–H and O–H groups in total. The van der Waals surface area contributed by atoms with Crippen molar-refractivity contribution in [2.45, 2.75) is 18.1 Å². The van der Waals surface area contributed by atoms with Gasteiger partial charge in [-0.05, 0) is 6.07 Å².